The molecule has 0 saturated carbocycles. The molecule has 0 aromatic heterocycles. The molecule has 25 heavy (non-hydrogen) atoms. The van der Waals surface area contributed by atoms with Gasteiger partial charge in [-0.1, -0.05) is 36.7 Å². The number of carbonyl (C=O) groups is 1. The Kier molecular flexibility index (Phi) is 7.61. The normalized spacial score (nSPS) is 11.6. The molecule has 1 N–H and O–H groups in total. The van der Waals surface area contributed by atoms with Gasteiger partial charge in [-0.2, -0.15) is 0 Å². The molecule has 134 valence electrons. The molecule has 0 unspecified atom stereocenters. The molecule has 0 aliphatic carbocycles. The van der Waals surface area contributed by atoms with Gasteiger partial charge in [0.2, 0.25) is 0 Å². The van der Waals surface area contributed by atoms with Crippen LogP contribution in [-0.4, -0.2) is 32.1 Å². The highest BCUT2D eigenvalue weighted by atomic mass is 35.5. The van der Waals surface area contributed by atoms with Gasteiger partial charge >= 0.3 is 0 Å². The Hall–Kier alpha value is -2.20. The Morgan fingerprint density at radius 1 is 1.16 bits per heavy atom. The summed E-state index contributed by atoms with van der Waals surface area (Å²) in [5, 5.41) is 3.60. The molecule has 0 aliphatic heterocycles. The Morgan fingerprint density at radius 2 is 1.84 bits per heavy atom. The zero-order valence-corrected chi connectivity index (χ0v) is 15.5. The predicted octanol–water partition coefficient (Wildman–Crippen LogP) is 4.14. The van der Waals surface area contributed by atoms with E-state index in [2.05, 4.69) is 29.4 Å². The molecule has 0 bridgehead atoms. The highest BCUT2D eigenvalue weighted by Gasteiger charge is 2.17. The molecular weight excluding hydrogens is 336 g/mol. The first-order valence-corrected chi connectivity index (χ1v) is 8.94. The summed E-state index contributed by atoms with van der Waals surface area (Å²) in [6.45, 7) is 3.43. The van der Waals surface area contributed by atoms with Crippen molar-refractivity contribution in [3.05, 3.63) is 59.6 Å². The van der Waals surface area contributed by atoms with Crippen LogP contribution in [0.3, 0.4) is 0 Å². The van der Waals surface area contributed by atoms with Crippen molar-refractivity contribution >= 4 is 23.2 Å². The number of para-hydroxylation sites is 1. The second-order valence-electron chi connectivity index (χ2n) is 5.87. The average Bonchev–Trinajstić information content (AvgIpc) is 2.65. The smallest absolute Gasteiger partial charge is 0.261 e. The number of hydrogen-bond donors (Lipinski definition) is 1. The minimum absolute atomic E-state index is 0.0835. The van der Waals surface area contributed by atoms with Crippen molar-refractivity contribution in [2.24, 2.45) is 0 Å². The van der Waals surface area contributed by atoms with E-state index in [9.17, 15) is 4.79 Å². The second-order valence-corrected chi connectivity index (χ2v) is 6.31. The maximum atomic E-state index is 12.3. The molecule has 1 amide bonds. The number of halogens is 1. The van der Waals surface area contributed by atoms with Gasteiger partial charge in [-0.15, -0.1) is 0 Å². The monoisotopic (exact) mass is 360 g/mol. The molecule has 0 spiro atoms. The third kappa shape index (κ3) is 6.31. The molecule has 2 aromatic rings. The fourth-order valence-corrected chi connectivity index (χ4v) is 2.58. The Morgan fingerprint density at radius 3 is 2.48 bits per heavy atom. The molecule has 4 nitrogen and oxygen atoms in total. The minimum atomic E-state index is -0.493. The van der Waals surface area contributed by atoms with Crippen LogP contribution < -0.4 is 15.0 Å². The van der Waals surface area contributed by atoms with Gasteiger partial charge in [-0.05, 0) is 49.2 Å². The highest BCUT2D eigenvalue weighted by Crippen LogP contribution is 2.17. The Bertz CT molecular complexity index is 647. The average molecular weight is 361 g/mol. The SMILES string of the molecule is CC[C@H](Oc1ccc(Cl)cc1)C(=O)NCCCN(C)c1ccccc1. The molecule has 5 heteroatoms. The maximum Gasteiger partial charge on any atom is 0.261 e. The first kappa shape index (κ1) is 19.1. The van der Waals surface area contributed by atoms with Crippen LogP contribution in [0.15, 0.2) is 54.6 Å². The van der Waals surface area contributed by atoms with Crippen molar-refractivity contribution in [3.8, 4) is 5.75 Å². The number of anilines is 1. The number of carbonyl (C=O) groups excluding carboxylic acids is 1. The van der Waals surface area contributed by atoms with E-state index in [0.717, 1.165) is 13.0 Å². The largest absolute Gasteiger partial charge is 0.481 e. The van der Waals surface area contributed by atoms with E-state index in [4.69, 9.17) is 16.3 Å². The van der Waals surface area contributed by atoms with E-state index in [-0.39, 0.29) is 5.91 Å². The van der Waals surface area contributed by atoms with E-state index < -0.39 is 6.10 Å². The summed E-state index contributed by atoms with van der Waals surface area (Å²) in [6.07, 6.45) is 0.986. The Labute approximate surface area is 154 Å². The standard InChI is InChI=1S/C20H25ClN2O2/c1-3-19(25-18-12-10-16(21)11-13-18)20(24)22-14-7-15-23(2)17-8-5-4-6-9-17/h4-6,8-13,19H,3,7,14-15H2,1-2H3,(H,22,24)/t19-/m0/s1. The number of nitrogens with zero attached hydrogens (tertiary/aromatic N) is 1. The summed E-state index contributed by atoms with van der Waals surface area (Å²) in [5.41, 5.74) is 1.17. The van der Waals surface area contributed by atoms with Gasteiger partial charge in [0.25, 0.3) is 5.91 Å². The zero-order chi connectivity index (χ0) is 18.1. The van der Waals surface area contributed by atoms with Crippen molar-refractivity contribution in [2.75, 3.05) is 25.0 Å². The second kappa shape index (κ2) is 9.94. The molecular formula is C20H25ClN2O2. The lowest BCUT2D eigenvalue weighted by atomic mass is 10.2. The van der Waals surface area contributed by atoms with Gasteiger partial charge in [0.1, 0.15) is 5.75 Å². The molecule has 0 fully saturated rings. The zero-order valence-electron chi connectivity index (χ0n) is 14.7. The summed E-state index contributed by atoms with van der Waals surface area (Å²) in [6, 6.07) is 17.2. The van der Waals surface area contributed by atoms with Crippen LogP contribution >= 0.6 is 11.6 Å². The summed E-state index contributed by atoms with van der Waals surface area (Å²) in [5.74, 6) is 0.565. The van der Waals surface area contributed by atoms with Crippen LogP contribution in [0.25, 0.3) is 0 Å². The molecule has 2 aromatic carbocycles. The fraction of sp³-hybridized carbons (Fsp3) is 0.350. The van der Waals surface area contributed by atoms with Gasteiger partial charge in [0.05, 0.1) is 0 Å². The summed E-state index contributed by atoms with van der Waals surface area (Å²) >= 11 is 5.86. The minimum Gasteiger partial charge on any atom is -0.481 e. The van der Waals surface area contributed by atoms with Gasteiger partial charge in [0, 0.05) is 30.8 Å². The number of hydrogen-bond acceptors (Lipinski definition) is 3. The van der Waals surface area contributed by atoms with Crippen LogP contribution in [0.2, 0.25) is 5.02 Å². The van der Waals surface area contributed by atoms with Crippen LogP contribution in [-0.2, 0) is 4.79 Å². The van der Waals surface area contributed by atoms with Crippen molar-refractivity contribution in [1.82, 2.24) is 5.32 Å². The van der Waals surface area contributed by atoms with E-state index in [0.29, 0.717) is 23.7 Å². The topological polar surface area (TPSA) is 41.6 Å². The van der Waals surface area contributed by atoms with E-state index >= 15 is 0 Å². The van der Waals surface area contributed by atoms with Crippen molar-refractivity contribution in [1.29, 1.82) is 0 Å². The van der Waals surface area contributed by atoms with Gasteiger partial charge < -0.3 is 15.0 Å². The van der Waals surface area contributed by atoms with E-state index in [1.807, 2.05) is 25.1 Å². The quantitative estimate of drug-likeness (QED) is 0.683. The van der Waals surface area contributed by atoms with Gasteiger partial charge in [0.15, 0.2) is 6.10 Å². The summed E-state index contributed by atoms with van der Waals surface area (Å²) in [7, 11) is 2.05. The summed E-state index contributed by atoms with van der Waals surface area (Å²) in [4.78, 5) is 14.5. The molecule has 0 radical (unpaired) electrons. The molecule has 0 aliphatic rings. The van der Waals surface area contributed by atoms with Crippen molar-refractivity contribution in [2.45, 2.75) is 25.9 Å². The van der Waals surface area contributed by atoms with Crippen molar-refractivity contribution in [3.63, 3.8) is 0 Å². The lowest BCUT2D eigenvalue weighted by Crippen LogP contribution is -2.39. The fourth-order valence-electron chi connectivity index (χ4n) is 2.45. The molecule has 2 rings (SSSR count). The molecule has 0 saturated heterocycles. The first-order chi connectivity index (χ1) is 12.1. The lowest BCUT2D eigenvalue weighted by Gasteiger charge is -2.20. The molecule has 0 heterocycles. The number of ether oxygens (including phenoxy) is 1. The van der Waals surface area contributed by atoms with Crippen molar-refractivity contribution < 1.29 is 9.53 Å². The predicted molar refractivity (Wildman–Crippen MR) is 103 cm³/mol. The van der Waals surface area contributed by atoms with Gasteiger partial charge in [-0.3, -0.25) is 4.79 Å². The number of rotatable bonds is 9. The number of nitrogens with one attached hydrogen (secondary N) is 1. The Balaban J connectivity index is 1.73. The number of benzene rings is 2. The first-order valence-electron chi connectivity index (χ1n) is 8.56. The number of amides is 1. The third-order valence-corrected chi connectivity index (χ3v) is 4.17. The third-order valence-electron chi connectivity index (χ3n) is 3.92. The van der Waals surface area contributed by atoms with Crippen LogP contribution in [0.5, 0.6) is 5.75 Å². The molecule has 1 atom stereocenters. The highest BCUT2D eigenvalue weighted by molar-refractivity contribution is 6.30. The lowest BCUT2D eigenvalue weighted by molar-refractivity contribution is -0.128. The van der Waals surface area contributed by atoms with Crippen LogP contribution in [0.1, 0.15) is 19.8 Å². The van der Waals surface area contributed by atoms with E-state index in [1.54, 1.807) is 24.3 Å². The van der Waals surface area contributed by atoms with Gasteiger partial charge in [-0.25, -0.2) is 0 Å². The van der Waals surface area contributed by atoms with Crippen LogP contribution in [0, 0.1) is 0 Å². The van der Waals surface area contributed by atoms with E-state index in [1.165, 1.54) is 5.69 Å². The van der Waals surface area contributed by atoms with Crippen LogP contribution in [0.4, 0.5) is 5.69 Å². The maximum absolute atomic E-state index is 12.3. The summed E-state index contributed by atoms with van der Waals surface area (Å²) < 4.78 is 5.75.